The Morgan fingerprint density at radius 2 is 2.30 bits per heavy atom. The largest absolute Gasteiger partial charge is 0.477 e. The van der Waals surface area contributed by atoms with E-state index in [1.54, 1.807) is 0 Å². The van der Waals surface area contributed by atoms with Gasteiger partial charge in [-0.25, -0.2) is 22.9 Å². The molecule has 108 valence electrons. The molecule has 0 saturated carbocycles. The molecule has 0 aliphatic carbocycles. The Balaban J connectivity index is 2.15. The maximum Gasteiger partial charge on any atom is 0.347 e. The van der Waals surface area contributed by atoms with Crippen molar-refractivity contribution in [2.75, 3.05) is 0 Å². The quantitative estimate of drug-likeness (QED) is 0.835. The van der Waals surface area contributed by atoms with Crippen LogP contribution in [0.5, 0.6) is 0 Å². The number of carbonyl (C=O) groups is 1. The molecule has 2 aromatic rings. The lowest BCUT2D eigenvalue weighted by Crippen LogP contribution is -2.24. The fourth-order valence-electron chi connectivity index (χ4n) is 1.49. The molecule has 0 saturated heterocycles. The summed E-state index contributed by atoms with van der Waals surface area (Å²) in [6, 6.07) is 1.25. The van der Waals surface area contributed by atoms with Crippen LogP contribution in [0.4, 0.5) is 0 Å². The number of rotatable bonds is 6. The zero-order valence-electron chi connectivity index (χ0n) is 10.5. The molecule has 2 N–H and O–H groups in total. The topological polar surface area (TPSA) is 110 Å². The van der Waals surface area contributed by atoms with Crippen LogP contribution in [0.1, 0.15) is 28.2 Å². The predicted octanol–water partition coefficient (Wildman–Crippen LogP) is 1.48. The molecule has 0 fully saturated rings. The van der Waals surface area contributed by atoms with Crippen LogP contribution in [0.2, 0.25) is 0 Å². The van der Waals surface area contributed by atoms with Gasteiger partial charge in [0.25, 0.3) is 0 Å². The van der Waals surface area contributed by atoms with Crippen LogP contribution in [-0.4, -0.2) is 24.5 Å². The maximum absolute atomic E-state index is 12.0. The Morgan fingerprint density at radius 1 is 1.55 bits per heavy atom. The third-order valence-electron chi connectivity index (χ3n) is 2.48. The lowest BCUT2D eigenvalue weighted by atomic mass is 10.4. The smallest absolute Gasteiger partial charge is 0.347 e. The summed E-state index contributed by atoms with van der Waals surface area (Å²) in [5, 5.41) is 10.3. The van der Waals surface area contributed by atoms with Gasteiger partial charge in [-0.1, -0.05) is 6.92 Å². The predicted molar refractivity (Wildman–Crippen MR) is 71.2 cm³/mol. The average molecular weight is 316 g/mol. The van der Waals surface area contributed by atoms with E-state index in [4.69, 9.17) is 9.52 Å². The van der Waals surface area contributed by atoms with Crippen molar-refractivity contribution >= 4 is 27.3 Å². The van der Waals surface area contributed by atoms with Gasteiger partial charge in [0.2, 0.25) is 15.9 Å². The van der Waals surface area contributed by atoms with Crippen LogP contribution in [0.3, 0.4) is 0 Å². The molecule has 0 spiro atoms. The molecule has 2 aromatic heterocycles. The van der Waals surface area contributed by atoms with E-state index in [2.05, 4.69) is 9.71 Å². The van der Waals surface area contributed by atoms with Gasteiger partial charge in [-0.3, -0.25) is 0 Å². The normalized spacial score (nSPS) is 11.7. The van der Waals surface area contributed by atoms with E-state index in [-0.39, 0.29) is 22.2 Å². The van der Waals surface area contributed by atoms with Gasteiger partial charge in [0.05, 0.1) is 12.7 Å². The third-order valence-corrected chi connectivity index (χ3v) is 4.95. The fraction of sp³-hybridized carbons (Fsp3) is 0.273. The molecule has 0 aromatic carbocycles. The molecule has 7 nitrogen and oxygen atoms in total. The SMILES string of the molecule is CCc1cnc(CNS(=O)(=O)c2ccsc2C(=O)O)o1. The summed E-state index contributed by atoms with van der Waals surface area (Å²) in [5.41, 5.74) is 0. The van der Waals surface area contributed by atoms with Crippen LogP contribution < -0.4 is 4.72 Å². The highest BCUT2D eigenvalue weighted by atomic mass is 32.2. The number of aromatic carboxylic acids is 1. The second-order valence-corrected chi connectivity index (χ2v) is 6.47. The number of sulfonamides is 1. The molecule has 2 heterocycles. The van der Waals surface area contributed by atoms with Gasteiger partial charge in [0.1, 0.15) is 15.5 Å². The number of aromatic nitrogens is 1. The van der Waals surface area contributed by atoms with Gasteiger partial charge in [0.15, 0.2) is 0 Å². The van der Waals surface area contributed by atoms with Crippen LogP contribution in [0.15, 0.2) is 27.0 Å². The first-order valence-electron chi connectivity index (χ1n) is 5.68. The van der Waals surface area contributed by atoms with Gasteiger partial charge in [-0.2, -0.15) is 0 Å². The highest BCUT2D eigenvalue weighted by Gasteiger charge is 2.24. The van der Waals surface area contributed by atoms with Crippen molar-refractivity contribution in [1.29, 1.82) is 0 Å². The molecule has 0 unspecified atom stereocenters. The number of carboxylic acids is 1. The maximum atomic E-state index is 12.0. The fourth-order valence-corrected chi connectivity index (χ4v) is 3.73. The van der Waals surface area contributed by atoms with Gasteiger partial charge in [-0.05, 0) is 11.4 Å². The summed E-state index contributed by atoms with van der Waals surface area (Å²) in [6.07, 6.45) is 2.18. The van der Waals surface area contributed by atoms with Crippen molar-refractivity contribution < 1.29 is 22.7 Å². The zero-order chi connectivity index (χ0) is 14.8. The Hall–Kier alpha value is -1.71. The van der Waals surface area contributed by atoms with Gasteiger partial charge >= 0.3 is 5.97 Å². The number of nitrogens with zero attached hydrogens (tertiary/aromatic N) is 1. The Morgan fingerprint density at radius 3 is 2.90 bits per heavy atom. The average Bonchev–Trinajstić information content (AvgIpc) is 3.05. The molecule has 0 radical (unpaired) electrons. The van der Waals surface area contributed by atoms with Crippen molar-refractivity contribution in [1.82, 2.24) is 9.71 Å². The molecule has 0 bridgehead atoms. The van der Waals surface area contributed by atoms with E-state index in [0.29, 0.717) is 12.2 Å². The lowest BCUT2D eigenvalue weighted by Gasteiger charge is -2.04. The number of nitrogens with one attached hydrogen (secondary N) is 1. The van der Waals surface area contributed by atoms with E-state index in [9.17, 15) is 13.2 Å². The van der Waals surface area contributed by atoms with E-state index in [1.807, 2.05) is 6.92 Å². The molecule has 2 rings (SSSR count). The summed E-state index contributed by atoms with van der Waals surface area (Å²) >= 11 is 0.856. The second-order valence-electron chi connectivity index (χ2n) is 3.82. The van der Waals surface area contributed by atoms with Crippen LogP contribution >= 0.6 is 11.3 Å². The van der Waals surface area contributed by atoms with Gasteiger partial charge < -0.3 is 9.52 Å². The highest BCUT2D eigenvalue weighted by Crippen LogP contribution is 2.21. The Kier molecular flexibility index (Phi) is 4.21. The minimum atomic E-state index is -3.91. The summed E-state index contributed by atoms with van der Waals surface area (Å²) in [7, 11) is -3.91. The number of thiophene rings is 1. The first-order chi connectivity index (χ1) is 9.44. The number of aryl methyl sites for hydroxylation is 1. The van der Waals surface area contributed by atoms with Crippen molar-refractivity contribution in [3.63, 3.8) is 0 Å². The summed E-state index contributed by atoms with van der Waals surface area (Å²) in [4.78, 5) is 14.4. The second kappa shape index (κ2) is 5.73. The Labute approximate surface area is 119 Å². The summed E-state index contributed by atoms with van der Waals surface area (Å²) in [5.74, 6) is -0.386. The first-order valence-corrected chi connectivity index (χ1v) is 8.04. The summed E-state index contributed by atoms with van der Waals surface area (Å²) < 4.78 is 31.6. The van der Waals surface area contributed by atoms with Crippen molar-refractivity contribution in [2.45, 2.75) is 24.8 Å². The van der Waals surface area contributed by atoms with Crippen molar-refractivity contribution in [2.24, 2.45) is 0 Å². The molecule has 0 aliphatic heterocycles. The monoisotopic (exact) mass is 316 g/mol. The van der Waals surface area contributed by atoms with E-state index in [1.165, 1.54) is 17.6 Å². The molecular weight excluding hydrogens is 304 g/mol. The van der Waals surface area contributed by atoms with Crippen LogP contribution in [0, 0.1) is 0 Å². The Bertz CT molecular complexity index is 717. The third kappa shape index (κ3) is 3.06. The van der Waals surface area contributed by atoms with Crippen LogP contribution in [0.25, 0.3) is 0 Å². The molecular formula is C11H12N2O5S2. The molecule has 0 atom stereocenters. The van der Waals surface area contributed by atoms with E-state index >= 15 is 0 Å². The first kappa shape index (κ1) is 14.7. The van der Waals surface area contributed by atoms with Gasteiger partial charge in [-0.15, -0.1) is 11.3 Å². The molecule has 20 heavy (non-hydrogen) atoms. The van der Waals surface area contributed by atoms with E-state index in [0.717, 1.165) is 11.3 Å². The number of hydrogen-bond donors (Lipinski definition) is 2. The number of oxazole rings is 1. The van der Waals surface area contributed by atoms with Crippen molar-refractivity contribution in [3.05, 3.63) is 34.2 Å². The van der Waals surface area contributed by atoms with Gasteiger partial charge in [0, 0.05) is 6.42 Å². The number of carboxylic acid groups (broad SMARTS) is 1. The molecule has 0 amide bonds. The lowest BCUT2D eigenvalue weighted by molar-refractivity contribution is 0.0698. The van der Waals surface area contributed by atoms with Crippen LogP contribution in [-0.2, 0) is 23.0 Å². The minimum absolute atomic E-state index is 0.128. The summed E-state index contributed by atoms with van der Waals surface area (Å²) in [6.45, 7) is 1.76. The number of hydrogen-bond acceptors (Lipinski definition) is 6. The standard InChI is InChI=1S/C11H12N2O5S2/c1-2-7-5-12-9(18-7)6-13-20(16,17)8-3-4-19-10(8)11(14)15/h3-5,13H,2,6H2,1H3,(H,14,15). The zero-order valence-corrected chi connectivity index (χ0v) is 12.1. The highest BCUT2D eigenvalue weighted by molar-refractivity contribution is 7.89. The van der Waals surface area contributed by atoms with Crippen molar-refractivity contribution in [3.8, 4) is 0 Å². The molecule has 0 aliphatic rings. The van der Waals surface area contributed by atoms with E-state index < -0.39 is 16.0 Å². The molecule has 9 heteroatoms. The minimum Gasteiger partial charge on any atom is -0.477 e.